The molecule has 8 heteroatoms. The fourth-order valence-corrected chi connectivity index (χ4v) is 3.52. The first-order valence-electron chi connectivity index (χ1n) is 8.40. The van der Waals surface area contributed by atoms with E-state index in [1.54, 1.807) is 18.5 Å². The number of benzene rings is 1. The Labute approximate surface area is 156 Å². The summed E-state index contributed by atoms with van der Waals surface area (Å²) >= 11 is 0. The number of H-pyrrole nitrogens is 1. The summed E-state index contributed by atoms with van der Waals surface area (Å²) in [7, 11) is -3.24. The lowest BCUT2D eigenvalue weighted by Gasteiger charge is -2.13. The van der Waals surface area contributed by atoms with Crippen molar-refractivity contribution in [2.75, 3.05) is 12.8 Å². The smallest absolute Gasteiger partial charge is 0.188 e. The number of aromatic amines is 1. The lowest BCUT2D eigenvalue weighted by molar-refractivity contribution is 0.415. The molecule has 0 atom stereocenters. The third-order valence-corrected chi connectivity index (χ3v) is 5.39. The number of nitrogens with zero attached hydrogens (tertiary/aromatic N) is 3. The van der Waals surface area contributed by atoms with Crippen molar-refractivity contribution in [3.63, 3.8) is 0 Å². The molecule has 0 bridgehead atoms. The Morgan fingerprint density at radius 2 is 2.00 bits per heavy atom. The summed E-state index contributed by atoms with van der Waals surface area (Å²) < 4.78 is 28.9. The number of aromatic nitrogens is 3. The van der Waals surface area contributed by atoms with Crippen LogP contribution in [0, 0.1) is 6.92 Å². The van der Waals surface area contributed by atoms with E-state index in [-0.39, 0.29) is 18.0 Å². The molecular formula is C19H18N4O3S. The van der Waals surface area contributed by atoms with E-state index < -0.39 is 9.84 Å². The normalized spacial score (nSPS) is 14.7. The van der Waals surface area contributed by atoms with Crippen molar-refractivity contribution >= 4 is 25.8 Å². The highest BCUT2D eigenvalue weighted by molar-refractivity contribution is 8.05. The maximum absolute atomic E-state index is 11.5. The molecule has 3 aromatic rings. The molecule has 0 amide bonds. The number of nitrogens with one attached hydrogen (secondary N) is 1. The van der Waals surface area contributed by atoms with Gasteiger partial charge in [-0.05, 0) is 37.3 Å². The Bertz CT molecular complexity index is 1180. The van der Waals surface area contributed by atoms with Gasteiger partial charge in [0.25, 0.3) is 0 Å². The molecule has 138 valence electrons. The van der Waals surface area contributed by atoms with Crippen molar-refractivity contribution in [3.05, 3.63) is 54.2 Å². The number of fused-ring (bicyclic) bond motifs is 1. The van der Waals surface area contributed by atoms with E-state index >= 15 is 0 Å². The molecule has 0 unspecified atom stereocenters. The number of rotatable bonds is 3. The number of dihydropyridines is 1. The molecule has 1 aromatic carbocycles. The van der Waals surface area contributed by atoms with Crippen molar-refractivity contribution < 1.29 is 13.2 Å². The maximum atomic E-state index is 11.5. The average molecular weight is 382 g/mol. The van der Waals surface area contributed by atoms with Crippen LogP contribution >= 0.6 is 0 Å². The van der Waals surface area contributed by atoms with Gasteiger partial charge in [0.1, 0.15) is 22.2 Å². The zero-order chi connectivity index (χ0) is 19.0. The summed E-state index contributed by atoms with van der Waals surface area (Å²) in [5.74, 6) is 1.31. The minimum atomic E-state index is -3.24. The highest BCUT2D eigenvalue weighted by atomic mass is 32.2. The van der Waals surface area contributed by atoms with Gasteiger partial charge in [0.2, 0.25) is 0 Å². The molecular weight excluding hydrogens is 364 g/mol. The van der Waals surface area contributed by atoms with Crippen molar-refractivity contribution in [2.24, 2.45) is 4.99 Å². The van der Waals surface area contributed by atoms with Crippen LogP contribution in [0.3, 0.4) is 0 Å². The van der Waals surface area contributed by atoms with Crippen molar-refractivity contribution in [3.8, 4) is 17.1 Å². The molecule has 7 nitrogen and oxygen atoms in total. The van der Waals surface area contributed by atoms with Crippen LogP contribution in [-0.4, -0.2) is 41.2 Å². The molecule has 0 saturated carbocycles. The van der Waals surface area contributed by atoms with Gasteiger partial charge in [-0.3, -0.25) is 15.0 Å². The first-order chi connectivity index (χ1) is 12.9. The van der Waals surface area contributed by atoms with E-state index in [0.717, 1.165) is 28.0 Å². The first kappa shape index (κ1) is 17.4. The lowest BCUT2D eigenvalue weighted by Crippen LogP contribution is -2.17. The van der Waals surface area contributed by atoms with E-state index in [4.69, 9.17) is 4.74 Å². The third kappa shape index (κ3) is 3.75. The molecule has 27 heavy (non-hydrogen) atoms. The van der Waals surface area contributed by atoms with Gasteiger partial charge in [-0.2, -0.15) is 0 Å². The van der Waals surface area contributed by atoms with Gasteiger partial charge in [-0.1, -0.05) is 0 Å². The summed E-state index contributed by atoms with van der Waals surface area (Å²) in [6.45, 7) is 2.12. The average Bonchev–Trinajstić information content (AvgIpc) is 3.05. The molecule has 4 rings (SSSR count). The molecule has 1 aliphatic rings. The number of aliphatic imine (C=N–C) groups is 1. The second-order valence-electron chi connectivity index (χ2n) is 6.43. The molecule has 2 aromatic heterocycles. The summed E-state index contributed by atoms with van der Waals surface area (Å²) in [6, 6.07) is 7.72. The Kier molecular flexibility index (Phi) is 4.27. The van der Waals surface area contributed by atoms with E-state index in [9.17, 15) is 8.42 Å². The van der Waals surface area contributed by atoms with Crippen LogP contribution in [0.2, 0.25) is 0 Å². The Morgan fingerprint density at radius 3 is 2.67 bits per heavy atom. The van der Waals surface area contributed by atoms with Crippen LogP contribution in [0.4, 0.5) is 0 Å². The number of sulfone groups is 1. The van der Waals surface area contributed by atoms with E-state index in [1.165, 1.54) is 6.26 Å². The van der Waals surface area contributed by atoms with Gasteiger partial charge >= 0.3 is 0 Å². The predicted molar refractivity (Wildman–Crippen MR) is 105 cm³/mol. The van der Waals surface area contributed by atoms with E-state index in [2.05, 4.69) is 19.9 Å². The SMILES string of the molecule is Cc1cnc(-c2cc3cc(OC4=CCC(S(C)(=O)=O)=NC4)ccc3[nH]2)cn1. The maximum Gasteiger partial charge on any atom is 0.188 e. The second kappa shape index (κ2) is 6.62. The number of allylic oxidation sites excluding steroid dienone is 1. The second-order valence-corrected chi connectivity index (χ2v) is 8.45. The fourth-order valence-electron chi connectivity index (χ4n) is 2.83. The monoisotopic (exact) mass is 382 g/mol. The van der Waals surface area contributed by atoms with Crippen LogP contribution in [0.5, 0.6) is 5.75 Å². The van der Waals surface area contributed by atoms with Gasteiger partial charge in [-0.25, -0.2) is 8.42 Å². The predicted octanol–water partition coefficient (Wildman–Crippen LogP) is 3.04. The zero-order valence-electron chi connectivity index (χ0n) is 14.9. The molecule has 0 spiro atoms. The van der Waals surface area contributed by atoms with Gasteiger partial charge < -0.3 is 9.72 Å². The fraction of sp³-hybridized carbons (Fsp3) is 0.211. The first-order valence-corrected chi connectivity index (χ1v) is 10.3. The number of hydrogen-bond donors (Lipinski definition) is 1. The Morgan fingerprint density at radius 1 is 1.15 bits per heavy atom. The van der Waals surface area contributed by atoms with E-state index in [0.29, 0.717) is 11.5 Å². The van der Waals surface area contributed by atoms with Crippen LogP contribution < -0.4 is 4.74 Å². The number of hydrogen-bond acceptors (Lipinski definition) is 6. The standard InChI is InChI=1S/C19H18N4O3S/c1-12-9-21-18(11-20-12)17-8-13-7-14(3-5-16(13)23-17)26-15-4-6-19(22-10-15)27(2,24)25/h3-5,7-9,11,23H,6,10H2,1-2H3. The lowest BCUT2D eigenvalue weighted by atomic mass is 10.2. The topological polar surface area (TPSA) is 97.3 Å². The highest BCUT2D eigenvalue weighted by Gasteiger charge is 2.17. The summed E-state index contributed by atoms with van der Waals surface area (Å²) in [5.41, 5.74) is 3.49. The Balaban J connectivity index is 1.54. The van der Waals surface area contributed by atoms with Crippen LogP contribution in [-0.2, 0) is 9.84 Å². The quantitative estimate of drug-likeness (QED) is 0.751. The molecule has 0 aliphatic carbocycles. The molecule has 0 fully saturated rings. The Hall–Kier alpha value is -3.00. The number of ether oxygens (including phenoxy) is 1. The minimum absolute atomic E-state index is 0.194. The van der Waals surface area contributed by atoms with Crippen molar-refractivity contribution in [1.29, 1.82) is 0 Å². The van der Waals surface area contributed by atoms with E-state index in [1.807, 2.05) is 31.2 Å². The van der Waals surface area contributed by atoms with Gasteiger partial charge in [-0.15, -0.1) is 0 Å². The van der Waals surface area contributed by atoms with Crippen LogP contribution in [0.25, 0.3) is 22.3 Å². The summed E-state index contributed by atoms with van der Waals surface area (Å²) in [4.78, 5) is 16.1. The van der Waals surface area contributed by atoms with Gasteiger partial charge in [0.15, 0.2) is 9.84 Å². The summed E-state index contributed by atoms with van der Waals surface area (Å²) in [5, 5.41) is 1.18. The van der Waals surface area contributed by atoms with Crippen LogP contribution in [0.1, 0.15) is 12.1 Å². The molecule has 1 aliphatic heterocycles. The third-order valence-electron chi connectivity index (χ3n) is 4.24. The van der Waals surface area contributed by atoms with Gasteiger partial charge in [0, 0.05) is 29.8 Å². The minimum Gasteiger partial charge on any atom is -0.460 e. The molecule has 1 N–H and O–H groups in total. The van der Waals surface area contributed by atoms with Crippen molar-refractivity contribution in [2.45, 2.75) is 13.3 Å². The molecule has 0 saturated heterocycles. The molecule has 3 heterocycles. The van der Waals surface area contributed by atoms with Crippen molar-refractivity contribution in [1.82, 2.24) is 15.0 Å². The largest absolute Gasteiger partial charge is 0.460 e. The molecule has 0 radical (unpaired) electrons. The highest BCUT2D eigenvalue weighted by Crippen LogP contribution is 2.27. The van der Waals surface area contributed by atoms with Gasteiger partial charge in [0.05, 0.1) is 24.1 Å². The summed E-state index contributed by atoms with van der Waals surface area (Å²) in [6.07, 6.45) is 6.66. The zero-order valence-corrected chi connectivity index (χ0v) is 15.7. The van der Waals surface area contributed by atoms with Crippen LogP contribution in [0.15, 0.2) is 53.5 Å². The number of aryl methyl sites for hydroxylation is 1.